The van der Waals surface area contributed by atoms with Gasteiger partial charge in [0.2, 0.25) is 15.9 Å². The maximum Gasteiger partial charge on any atom is 0.244 e. The summed E-state index contributed by atoms with van der Waals surface area (Å²) in [5, 5.41) is 3.22. The first-order chi connectivity index (χ1) is 12.3. The van der Waals surface area contributed by atoms with E-state index >= 15 is 0 Å². The molecule has 6 nitrogen and oxygen atoms in total. The topological polar surface area (TPSA) is 69.7 Å². The molecule has 1 N–H and O–H groups in total. The molecule has 0 bridgehead atoms. The maximum absolute atomic E-state index is 12.8. The Bertz CT molecular complexity index is 735. The summed E-state index contributed by atoms with van der Waals surface area (Å²) in [5.41, 5.74) is 0. The molecule has 1 fully saturated rings. The molecule has 1 saturated heterocycles. The number of sulfonamides is 1. The van der Waals surface area contributed by atoms with E-state index in [0.717, 1.165) is 12.8 Å². The summed E-state index contributed by atoms with van der Waals surface area (Å²) in [5.74, 6) is -0.0276. The Morgan fingerprint density at radius 3 is 2.50 bits per heavy atom. The minimum absolute atomic E-state index is 0.0197. The number of nitrogens with one attached hydrogen (secondary N) is 1. The van der Waals surface area contributed by atoms with Gasteiger partial charge in [0.25, 0.3) is 0 Å². The van der Waals surface area contributed by atoms with Crippen LogP contribution in [0, 0.1) is 0 Å². The van der Waals surface area contributed by atoms with Crippen molar-refractivity contribution in [2.45, 2.75) is 37.6 Å². The largest absolute Gasteiger partial charge is 0.353 e. The van der Waals surface area contributed by atoms with Gasteiger partial charge in [-0.15, -0.1) is 0 Å². The lowest BCUT2D eigenvalue weighted by Gasteiger charge is -2.33. The van der Waals surface area contributed by atoms with Crippen molar-refractivity contribution in [1.82, 2.24) is 14.5 Å². The Morgan fingerprint density at radius 2 is 1.88 bits per heavy atom. The summed E-state index contributed by atoms with van der Waals surface area (Å²) < 4.78 is 27.0. The lowest BCUT2D eigenvalue weighted by atomic mass is 10.2. The molecule has 1 aliphatic rings. The molecule has 0 unspecified atom stereocenters. The van der Waals surface area contributed by atoms with Crippen molar-refractivity contribution in [2.24, 2.45) is 0 Å². The number of piperazine rings is 1. The molecule has 0 aliphatic carbocycles. The van der Waals surface area contributed by atoms with Crippen LogP contribution in [0.15, 0.2) is 23.1 Å². The molecule has 2 rings (SSSR count). The fourth-order valence-corrected chi connectivity index (χ4v) is 5.14. The molecular weight excluding hydrogens is 397 g/mol. The zero-order valence-electron chi connectivity index (χ0n) is 15.0. The first-order valence-corrected chi connectivity index (χ1v) is 10.9. The number of amides is 1. The highest BCUT2D eigenvalue weighted by molar-refractivity contribution is 7.89. The molecule has 0 saturated carbocycles. The average molecular weight is 422 g/mol. The summed E-state index contributed by atoms with van der Waals surface area (Å²) in [6.45, 7) is 5.95. The Hall–Kier alpha value is -0.860. The SMILES string of the molecule is CCC[C@@H](C)NC(=O)CN1CCN(S(=O)(=O)c2cccc(Cl)c2Cl)CC1. The highest BCUT2D eigenvalue weighted by Crippen LogP contribution is 2.31. The van der Waals surface area contributed by atoms with Crippen LogP contribution in [-0.2, 0) is 14.8 Å². The third kappa shape index (κ3) is 5.33. The number of rotatable bonds is 7. The van der Waals surface area contributed by atoms with Crippen molar-refractivity contribution >= 4 is 39.1 Å². The first-order valence-electron chi connectivity index (χ1n) is 8.71. The van der Waals surface area contributed by atoms with E-state index in [9.17, 15) is 13.2 Å². The number of carbonyl (C=O) groups excluding carboxylic acids is 1. The van der Waals surface area contributed by atoms with Crippen molar-refractivity contribution in [3.63, 3.8) is 0 Å². The second kappa shape index (κ2) is 9.37. The van der Waals surface area contributed by atoms with Gasteiger partial charge in [-0.25, -0.2) is 8.42 Å². The summed E-state index contributed by atoms with van der Waals surface area (Å²) in [4.78, 5) is 14.0. The molecule has 26 heavy (non-hydrogen) atoms. The van der Waals surface area contributed by atoms with Gasteiger partial charge >= 0.3 is 0 Å². The van der Waals surface area contributed by atoms with Crippen LogP contribution in [0.1, 0.15) is 26.7 Å². The fraction of sp³-hybridized carbons (Fsp3) is 0.588. The minimum atomic E-state index is -3.70. The average Bonchev–Trinajstić information content (AvgIpc) is 2.57. The van der Waals surface area contributed by atoms with Gasteiger partial charge in [-0.2, -0.15) is 4.31 Å². The van der Waals surface area contributed by atoms with E-state index in [1.807, 2.05) is 11.8 Å². The number of halogens is 2. The predicted octanol–water partition coefficient (Wildman–Crippen LogP) is 2.60. The van der Waals surface area contributed by atoms with Gasteiger partial charge < -0.3 is 5.32 Å². The normalized spacial score (nSPS) is 17.8. The van der Waals surface area contributed by atoms with E-state index in [0.29, 0.717) is 26.2 Å². The maximum atomic E-state index is 12.8. The molecule has 0 aromatic heterocycles. The number of hydrogen-bond donors (Lipinski definition) is 1. The molecule has 9 heteroatoms. The second-order valence-electron chi connectivity index (χ2n) is 6.49. The molecule has 0 radical (unpaired) electrons. The molecule has 1 atom stereocenters. The van der Waals surface area contributed by atoms with Gasteiger partial charge in [-0.3, -0.25) is 9.69 Å². The lowest BCUT2D eigenvalue weighted by molar-refractivity contribution is -0.123. The molecule has 1 heterocycles. The fourth-order valence-electron chi connectivity index (χ4n) is 2.98. The van der Waals surface area contributed by atoms with Crippen LogP contribution < -0.4 is 5.32 Å². The number of hydrogen-bond acceptors (Lipinski definition) is 4. The second-order valence-corrected chi connectivity index (χ2v) is 9.18. The first kappa shape index (κ1) is 21.4. The van der Waals surface area contributed by atoms with Gasteiger partial charge in [0.15, 0.2) is 0 Å². The Kier molecular flexibility index (Phi) is 7.73. The van der Waals surface area contributed by atoms with Crippen LogP contribution in [0.2, 0.25) is 10.0 Å². The zero-order chi connectivity index (χ0) is 19.3. The highest BCUT2D eigenvalue weighted by Gasteiger charge is 2.31. The van der Waals surface area contributed by atoms with Crippen LogP contribution in [0.4, 0.5) is 0 Å². The van der Waals surface area contributed by atoms with Gasteiger partial charge in [0, 0.05) is 32.2 Å². The van der Waals surface area contributed by atoms with Crippen LogP contribution in [0.25, 0.3) is 0 Å². The summed E-state index contributed by atoms with van der Waals surface area (Å²) in [7, 11) is -3.70. The van der Waals surface area contributed by atoms with E-state index in [1.165, 1.54) is 10.4 Å². The summed E-state index contributed by atoms with van der Waals surface area (Å²) >= 11 is 12.0. The van der Waals surface area contributed by atoms with E-state index in [1.54, 1.807) is 12.1 Å². The summed E-state index contributed by atoms with van der Waals surface area (Å²) in [6, 6.07) is 4.73. The van der Waals surface area contributed by atoms with Gasteiger partial charge in [0.05, 0.1) is 16.6 Å². The Morgan fingerprint density at radius 1 is 1.23 bits per heavy atom. The van der Waals surface area contributed by atoms with Crippen molar-refractivity contribution < 1.29 is 13.2 Å². The molecule has 1 aliphatic heterocycles. The summed E-state index contributed by atoms with van der Waals surface area (Å²) in [6.07, 6.45) is 1.96. The van der Waals surface area contributed by atoms with Crippen LogP contribution in [0.3, 0.4) is 0 Å². The third-order valence-corrected chi connectivity index (χ3v) is 7.23. The standard InChI is InChI=1S/C17H25Cl2N3O3S/c1-3-5-13(2)20-16(23)12-21-8-10-22(11-9-21)26(24,25)15-7-4-6-14(18)17(15)19/h4,6-7,13H,3,5,8-12H2,1-2H3,(H,20,23)/t13-/m1/s1. The molecule has 1 aromatic carbocycles. The predicted molar refractivity (Wildman–Crippen MR) is 104 cm³/mol. The van der Waals surface area contributed by atoms with Gasteiger partial charge in [0.1, 0.15) is 4.90 Å². The van der Waals surface area contributed by atoms with Crippen LogP contribution >= 0.6 is 23.2 Å². The minimum Gasteiger partial charge on any atom is -0.353 e. The zero-order valence-corrected chi connectivity index (χ0v) is 17.4. The highest BCUT2D eigenvalue weighted by atomic mass is 35.5. The van der Waals surface area contributed by atoms with Crippen molar-refractivity contribution in [3.8, 4) is 0 Å². The quantitative estimate of drug-likeness (QED) is 0.734. The van der Waals surface area contributed by atoms with Crippen molar-refractivity contribution in [3.05, 3.63) is 28.2 Å². The van der Waals surface area contributed by atoms with E-state index in [-0.39, 0.29) is 33.4 Å². The Balaban J connectivity index is 1.93. The smallest absolute Gasteiger partial charge is 0.244 e. The van der Waals surface area contributed by atoms with Gasteiger partial charge in [-0.05, 0) is 25.5 Å². The number of benzene rings is 1. The van der Waals surface area contributed by atoms with Crippen LogP contribution in [0.5, 0.6) is 0 Å². The number of nitrogens with zero attached hydrogens (tertiary/aromatic N) is 2. The lowest BCUT2D eigenvalue weighted by Crippen LogP contribution is -2.51. The molecule has 1 amide bonds. The van der Waals surface area contributed by atoms with Crippen molar-refractivity contribution in [2.75, 3.05) is 32.7 Å². The van der Waals surface area contributed by atoms with E-state index in [4.69, 9.17) is 23.2 Å². The van der Waals surface area contributed by atoms with Gasteiger partial charge in [-0.1, -0.05) is 42.6 Å². The molecule has 1 aromatic rings. The number of carbonyl (C=O) groups is 1. The molecule has 146 valence electrons. The van der Waals surface area contributed by atoms with Crippen molar-refractivity contribution in [1.29, 1.82) is 0 Å². The van der Waals surface area contributed by atoms with E-state index in [2.05, 4.69) is 12.2 Å². The van der Waals surface area contributed by atoms with Crippen LogP contribution in [-0.4, -0.2) is 62.3 Å². The van der Waals surface area contributed by atoms with E-state index < -0.39 is 10.0 Å². The molecule has 0 spiro atoms. The Labute approximate surface area is 165 Å². The molecular formula is C17H25Cl2N3O3S. The third-order valence-electron chi connectivity index (χ3n) is 4.36. The monoisotopic (exact) mass is 421 g/mol.